The molecule has 3 aromatic rings. The summed E-state index contributed by atoms with van der Waals surface area (Å²) in [6.07, 6.45) is 3.95. The van der Waals surface area contributed by atoms with Crippen molar-refractivity contribution >= 4 is 11.6 Å². The highest BCUT2D eigenvalue weighted by molar-refractivity contribution is 6.31. The van der Waals surface area contributed by atoms with Gasteiger partial charge in [-0.05, 0) is 29.8 Å². The summed E-state index contributed by atoms with van der Waals surface area (Å²) in [4.78, 5) is 7.86. The van der Waals surface area contributed by atoms with E-state index in [-0.39, 0.29) is 5.02 Å². The number of rotatable bonds is 2. The first-order chi connectivity index (χ1) is 10.2. The van der Waals surface area contributed by atoms with Crippen LogP contribution in [-0.2, 0) is 0 Å². The standard InChI is InChI=1S/C16H8ClF2N2/c17-13-7-10(5-6-15(13)19)12-8-20-9-21-16(12)11-3-1-2-4-14(11)18/h1-8H. The Morgan fingerprint density at radius 3 is 2.52 bits per heavy atom. The van der Waals surface area contributed by atoms with Crippen LogP contribution in [0.4, 0.5) is 8.78 Å². The first kappa shape index (κ1) is 13.6. The minimum Gasteiger partial charge on any atom is -0.233 e. The van der Waals surface area contributed by atoms with Gasteiger partial charge in [-0.25, -0.2) is 18.7 Å². The molecule has 2 nitrogen and oxygen atoms in total. The summed E-state index contributed by atoms with van der Waals surface area (Å²) in [7, 11) is 0. The molecule has 0 fully saturated rings. The molecule has 0 unspecified atom stereocenters. The second-order valence-electron chi connectivity index (χ2n) is 4.34. The minimum atomic E-state index is -0.517. The van der Waals surface area contributed by atoms with E-state index < -0.39 is 11.6 Å². The molecule has 5 heteroatoms. The molecular formula is C16H8ClF2N2. The van der Waals surface area contributed by atoms with E-state index in [9.17, 15) is 8.78 Å². The van der Waals surface area contributed by atoms with Gasteiger partial charge in [-0.15, -0.1) is 0 Å². The quantitative estimate of drug-likeness (QED) is 0.694. The van der Waals surface area contributed by atoms with Crippen molar-refractivity contribution in [3.8, 4) is 22.4 Å². The third-order valence-electron chi connectivity index (χ3n) is 3.03. The molecule has 0 aliphatic heterocycles. The SMILES string of the molecule is Fc1ccc(-c2cn[c]nc2-c2ccccc2F)cc1Cl. The van der Waals surface area contributed by atoms with Crippen molar-refractivity contribution in [3.05, 3.63) is 71.6 Å². The number of benzene rings is 2. The largest absolute Gasteiger partial charge is 0.233 e. The number of aromatic nitrogens is 2. The third-order valence-corrected chi connectivity index (χ3v) is 3.32. The van der Waals surface area contributed by atoms with Crippen LogP contribution in [0, 0.1) is 18.0 Å². The number of hydrogen-bond donors (Lipinski definition) is 0. The van der Waals surface area contributed by atoms with Gasteiger partial charge < -0.3 is 0 Å². The highest BCUT2D eigenvalue weighted by atomic mass is 35.5. The van der Waals surface area contributed by atoms with E-state index in [0.717, 1.165) is 0 Å². The lowest BCUT2D eigenvalue weighted by Gasteiger charge is -2.09. The van der Waals surface area contributed by atoms with Crippen molar-refractivity contribution in [2.24, 2.45) is 0 Å². The van der Waals surface area contributed by atoms with Gasteiger partial charge >= 0.3 is 0 Å². The van der Waals surface area contributed by atoms with Crippen LogP contribution in [0.2, 0.25) is 5.02 Å². The van der Waals surface area contributed by atoms with E-state index in [2.05, 4.69) is 16.3 Å². The van der Waals surface area contributed by atoms with Crippen LogP contribution in [0.15, 0.2) is 48.7 Å². The van der Waals surface area contributed by atoms with Gasteiger partial charge in [0.05, 0.1) is 10.7 Å². The molecule has 1 radical (unpaired) electrons. The van der Waals surface area contributed by atoms with Crippen molar-refractivity contribution in [3.63, 3.8) is 0 Å². The second kappa shape index (κ2) is 5.58. The Hall–Kier alpha value is -2.33. The minimum absolute atomic E-state index is 0.0141. The Morgan fingerprint density at radius 2 is 1.76 bits per heavy atom. The van der Waals surface area contributed by atoms with Gasteiger partial charge in [0.25, 0.3) is 0 Å². The zero-order valence-electron chi connectivity index (χ0n) is 10.6. The molecule has 0 saturated carbocycles. The molecule has 2 aromatic carbocycles. The van der Waals surface area contributed by atoms with E-state index in [0.29, 0.717) is 22.4 Å². The molecule has 0 aliphatic carbocycles. The zero-order valence-corrected chi connectivity index (χ0v) is 11.4. The van der Waals surface area contributed by atoms with Crippen LogP contribution in [0.3, 0.4) is 0 Å². The van der Waals surface area contributed by atoms with E-state index in [4.69, 9.17) is 11.6 Å². The molecule has 103 valence electrons. The maximum Gasteiger partial charge on any atom is 0.198 e. The average molecular weight is 302 g/mol. The predicted octanol–water partition coefficient (Wildman–Crippen LogP) is 4.54. The molecule has 1 heterocycles. The lowest BCUT2D eigenvalue weighted by molar-refractivity contribution is 0.628. The smallest absolute Gasteiger partial charge is 0.198 e. The summed E-state index contributed by atoms with van der Waals surface area (Å²) in [5, 5.41) is -0.0141. The monoisotopic (exact) mass is 301 g/mol. The van der Waals surface area contributed by atoms with Crippen molar-refractivity contribution in [1.29, 1.82) is 0 Å². The molecule has 0 aliphatic rings. The number of halogens is 3. The summed E-state index contributed by atoms with van der Waals surface area (Å²) in [6, 6.07) is 10.5. The second-order valence-corrected chi connectivity index (χ2v) is 4.75. The maximum absolute atomic E-state index is 14.0. The van der Waals surface area contributed by atoms with Crippen molar-refractivity contribution < 1.29 is 8.78 Å². The van der Waals surface area contributed by atoms with Crippen molar-refractivity contribution in [1.82, 2.24) is 9.97 Å². The van der Waals surface area contributed by atoms with Crippen molar-refractivity contribution in [2.75, 3.05) is 0 Å². The van der Waals surface area contributed by atoms with Crippen molar-refractivity contribution in [2.45, 2.75) is 0 Å². The Labute approximate surface area is 125 Å². The lowest BCUT2D eigenvalue weighted by Crippen LogP contribution is -1.94. The van der Waals surface area contributed by atoms with Gasteiger partial charge in [0.2, 0.25) is 0 Å². The highest BCUT2D eigenvalue weighted by Crippen LogP contribution is 2.32. The van der Waals surface area contributed by atoms with E-state index >= 15 is 0 Å². The Balaban J connectivity index is 2.21. The zero-order chi connectivity index (χ0) is 14.8. The molecule has 0 bridgehead atoms. The maximum atomic E-state index is 14.0. The van der Waals surface area contributed by atoms with Gasteiger partial charge in [0, 0.05) is 17.3 Å². The fourth-order valence-corrected chi connectivity index (χ4v) is 2.21. The van der Waals surface area contributed by atoms with E-state index in [1.807, 2.05) is 0 Å². The molecule has 1 aromatic heterocycles. The lowest BCUT2D eigenvalue weighted by atomic mass is 10.0. The molecule has 0 N–H and O–H groups in total. The van der Waals surface area contributed by atoms with Crippen LogP contribution in [0.25, 0.3) is 22.4 Å². The van der Waals surface area contributed by atoms with Crippen LogP contribution < -0.4 is 0 Å². The molecule has 3 rings (SSSR count). The molecular weight excluding hydrogens is 294 g/mol. The highest BCUT2D eigenvalue weighted by Gasteiger charge is 2.13. The first-order valence-electron chi connectivity index (χ1n) is 6.10. The summed E-state index contributed by atoms with van der Waals surface area (Å²) in [5.74, 6) is -0.921. The molecule has 0 saturated heterocycles. The fraction of sp³-hybridized carbons (Fsp3) is 0. The normalized spacial score (nSPS) is 10.6. The van der Waals surface area contributed by atoms with Gasteiger partial charge in [0.1, 0.15) is 11.6 Å². The van der Waals surface area contributed by atoms with Gasteiger partial charge in [-0.1, -0.05) is 29.8 Å². The average Bonchev–Trinajstić information content (AvgIpc) is 2.51. The Kier molecular flexibility index (Phi) is 3.62. The van der Waals surface area contributed by atoms with E-state index in [1.165, 1.54) is 24.4 Å². The van der Waals surface area contributed by atoms with Crippen LogP contribution in [0.1, 0.15) is 0 Å². The number of hydrogen-bond acceptors (Lipinski definition) is 2. The van der Waals surface area contributed by atoms with Gasteiger partial charge in [0.15, 0.2) is 6.33 Å². The summed E-state index contributed by atoms with van der Waals surface area (Å²) in [5.41, 5.74) is 1.87. The molecule has 0 amide bonds. The Morgan fingerprint density at radius 1 is 0.952 bits per heavy atom. The van der Waals surface area contributed by atoms with Crippen LogP contribution >= 0.6 is 11.6 Å². The van der Waals surface area contributed by atoms with Crippen LogP contribution in [-0.4, -0.2) is 9.97 Å². The predicted molar refractivity (Wildman–Crippen MR) is 76.7 cm³/mol. The Bertz CT molecular complexity index is 806. The first-order valence-corrected chi connectivity index (χ1v) is 6.48. The number of nitrogens with zero attached hydrogens (tertiary/aromatic N) is 2. The van der Waals surface area contributed by atoms with E-state index in [1.54, 1.807) is 24.3 Å². The fourth-order valence-electron chi connectivity index (χ4n) is 2.03. The summed E-state index contributed by atoms with van der Waals surface area (Å²) >= 11 is 5.80. The van der Waals surface area contributed by atoms with Gasteiger partial charge in [-0.3, -0.25) is 0 Å². The summed E-state index contributed by atoms with van der Waals surface area (Å²) < 4.78 is 27.2. The summed E-state index contributed by atoms with van der Waals surface area (Å²) in [6.45, 7) is 0. The molecule has 0 atom stereocenters. The molecule has 21 heavy (non-hydrogen) atoms. The topological polar surface area (TPSA) is 25.8 Å². The third kappa shape index (κ3) is 2.62. The van der Waals surface area contributed by atoms with Gasteiger partial charge in [-0.2, -0.15) is 0 Å². The van der Waals surface area contributed by atoms with Crippen LogP contribution in [0.5, 0.6) is 0 Å². The molecule has 0 spiro atoms.